The van der Waals surface area contributed by atoms with E-state index in [1.807, 2.05) is 12.1 Å². The lowest BCUT2D eigenvalue weighted by atomic mass is 10.1. The monoisotopic (exact) mass is 236 g/mol. The Hall–Kier alpha value is -1.13. The number of hydrogen-bond acceptors (Lipinski definition) is 4. The summed E-state index contributed by atoms with van der Waals surface area (Å²) in [4.78, 5) is 4.31. The van der Waals surface area contributed by atoms with Crippen molar-refractivity contribution in [3.63, 3.8) is 0 Å². The van der Waals surface area contributed by atoms with Crippen molar-refractivity contribution in [3.05, 3.63) is 24.0 Å². The predicted molar refractivity (Wildman–Crippen MR) is 65.9 cm³/mol. The second-order valence-electron chi connectivity index (χ2n) is 4.47. The fourth-order valence-corrected chi connectivity index (χ4v) is 1.83. The molecule has 2 rings (SSSR count). The minimum absolute atomic E-state index is 0.0206. The molecule has 1 aliphatic heterocycles. The van der Waals surface area contributed by atoms with Crippen molar-refractivity contribution in [2.75, 3.05) is 19.8 Å². The van der Waals surface area contributed by atoms with Crippen molar-refractivity contribution in [1.29, 1.82) is 0 Å². The average Bonchev–Trinajstić information content (AvgIpc) is 2.89. The number of ether oxygens (including phenoxy) is 2. The van der Waals surface area contributed by atoms with Gasteiger partial charge < -0.3 is 15.2 Å². The van der Waals surface area contributed by atoms with Gasteiger partial charge in [-0.15, -0.1) is 0 Å². The van der Waals surface area contributed by atoms with Crippen LogP contribution in [0.25, 0.3) is 0 Å². The van der Waals surface area contributed by atoms with Gasteiger partial charge in [-0.2, -0.15) is 0 Å². The second-order valence-corrected chi connectivity index (χ2v) is 4.47. The zero-order chi connectivity index (χ0) is 12.1. The summed E-state index contributed by atoms with van der Waals surface area (Å²) in [7, 11) is 0. The van der Waals surface area contributed by atoms with Crippen molar-refractivity contribution in [3.8, 4) is 5.75 Å². The Morgan fingerprint density at radius 3 is 3.06 bits per heavy atom. The van der Waals surface area contributed by atoms with Crippen molar-refractivity contribution in [2.24, 2.45) is 11.7 Å². The molecule has 0 aromatic carbocycles. The molecule has 4 nitrogen and oxygen atoms in total. The number of rotatable bonds is 5. The smallest absolute Gasteiger partial charge is 0.137 e. The third kappa shape index (κ3) is 3.41. The Labute approximate surface area is 102 Å². The van der Waals surface area contributed by atoms with Crippen molar-refractivity contribution < 1.29 is 9.47 Å². The first-order valence-corrected chi connectivity index (χ1v) is 6.21. The summed E-state index contributed by atoms with van der Waals surface area (Å²) in [6, 6.07) is 3.90. The fraction of sp³-hybridized carbons (Fsp3) is 0.615. The molecule has 1 aromatic rings. The van der Waals surface area contributed by atoms with Gasteiger partial charge in [0.05, 0.1) is 25.1 Å². The average molecular weight is 236 g/mol. The second kappa shape index (κ2) is 5.98. The quantitative estimate of drug-likeness (QED) is 0.848. The third-order valence-corrected chi connectivity index (χ3v) is 3.09. The van der Waals surface area contributed by atoms with E-state index in [1.165, 1.54) is 0 Å². The Morgan fingerprint density at radius 1 is 1.59 bits per heavy atom. The number of nitrogens with two attached hydrogens (primary N) is 1. The minimum Gasteiger partial charge on any atom is -0.492 e. The highest BCUT2D eigenvalue weighted by Crippen LogP contribution is 2.18. The topological polar surface area (TPSA) is 57.4 Å². The summed E-state index contributed by atoms with van der Waals surface area (Å²) < 4.78 is 11.0. The molecular weight excluding hydrogens is 216 g/mol. The van der Waals surface area contributed by atoms with E-state index in [9.17, 15) is 0 Å². The summed E-state index contributed by atoms with van der Waals surface area (Å²) in [5, 5.41) is 0. The third-order valence-electron chi connectivity index (χ3n) is 3.09. The van der Waals surface area contributed by atoms with E-state index in [2.05, 4.69) is 11.9 Å². The van der Waals surface area contributed by atoms with Crippen LogP contribution in [0.3, 0.4) is 0 Å². The van der Waals surface area contributed by atoms with E-state index in [1.54, 1.807) is 6.20 Å². The Kier molecular flexibility index (Phi) is 4.34. The molecule has 1 aromatic heterocycles. The molecule has 1 aliphatic rings. The molecule has 0 aliphatic carbocycles. The van der Waals surface area contributed by atoms with Crippen LogP contribution in [0.15, 0.2) is 18.3 Å². The maximum atomic E-state index is 5.90. The summed E-state index contributed by atoms with van der Waals surface area (Å²) in [5.41, 5.74) is 6.82. The van der Waals surface area contributed by atoms with Gasteiger partial charge in [0.2, 0.25) is 0 Å². The van der Waals surface area contributed by atoms with Gasteiger partial charge in [-0.25, -0.2) is 0 Å². The number of nitrogens with zero attached hydrogens (tertiary/aromatic N) is 1. The van der Waals surface area contributed by atoms with Gasteiger partial charge in [-0.05, 0) is 25.0 Å². The van der Waals surface area contributed by atoms with Gasteiger partial charge >= 0.3 is 0 Å². The molecule has 1 saturated heterocycles. The summed E-state index contributed by atoms with van der Waals surface area (Å²) in [6.45, 7) is 4.43. The van der Waals surface area contributed by atoms with E-state index in [-0.39, 0.29) is 6.04 Å². The van der Waals surface area contributed by atoms with Crippen LogP contribution in [0.1, 0.15) is 31.5 Å². The fourth-order valence-electron chi connectivity index (χ4n) is 1.83. The first-order chi connectivity index (χ1) is 8.29. The molecule has 0 radical (unpaired) electrons. The standard InChI is InChI=1S/C13H20N2O2/c1-2-12(14)13-4-3-11(7-15-13)17-9-10-5-6-16-8-10/h3-4,7,10,12H,2,5-6,8-9,14H2,1H3/t10?,12-/m0/s1. The summed E-state index contributed by atoms with van der Waals surface area (Å²) in [6.07, 6.45) is 3.74. The molecule has 0 spiro atoms. The number of hydrogen-bond donors (Lipinski definition) is 1. The lowest BCUT2D eigenvalue weighted by Crippen LogP contribution is -2.13. The van der Waals surface area contributed by atoms with E-state index in [0.29, 0.717) is 12.5 Å². The predicted octanol–water partition coefficient (Wildman–Crippen LogP) is 1.91. The lowest BCUT2D eigenvalue weighted by molar-refractivity contribution is 0.167. The maximum absolute atomic E-state index is 5.90. The zero-order valence-corrected chi connectivity index (χ0v) is 10.3. The van der Waals surface area contributed by atoms with Crippen LogP contribution in [-0.4, -0.2) is 24.8 Å². The zero-order valence-electron chi connectivity index (χ0n) is 10.3. The van der Waals surface area contributed by atoms with Gasteiger partial charge in [0.1, 0.15) is 5.75 Å². The van der Waals surface area contributed by atoms with E-state index >= 15 is 0 Å². The van der Waals surface area contributed by atoms with Gasteiger partial charge in [0.25, 0.3) is 0 Å². The Bertz CT molecular complexity index is 334. The van der Waals surface area contributed by atoms with Gasteiger partial charge in [0.15, 0.2) is 0 Å². The van der Waals surface area contributed by atoms with E-state index in [0.717, 1.165) is 37.5 Å². The van der Waals surface area contributed by atoms with Crippen LogP contribution in [0.2, 0.25) is 0 Å². The van der Waals surface area contributed by atoms with Crippen LogP contribution in [0, 0.1) is 5.92 Å². The first-order valence-electron chi connectivity index (χ1n) is 6.21. The number of aromatic nitrogens is 1. The van der Waals surface area contributed by atoms with Crippen LogP contribution in [-0.2, 0) is 4.74 Å². The minimum atomic E-state index is 0.0206. The van der Waals surface area contributed by atoms with Crippen LogP contribution >= 0.6 is 0 Å². The first kappa shape index (κ1) is 12.3. The van der Waals surface area contributed by atoms with Crippen molar-refractivity contribution >= 4 is 0 Å². The normalized spacial score (nSPS) is 21.4. The molecule has 0 saturated carbocycles. The largest absolute Gasteiger partial charge is 0.492 e. The molecule has 94 valence electrons. The highest BCUT2D eigenvalue weighted by molar-refractivity contribution is 5.21. The van der Waals surface area contributed by atoms with Gasteiger partial charge in [0, 0.05) is 18.6 Å². The van der Waals surface area contributed by atoms with Crippen LogP contribution in [0.5, 0.6) is 5.75 Å². The molecule has 2 atom stereocenters. The summed E-state index contributed by atoms with van der Waals surface area (Å²) >= 11 is 0. The van der Waals surface area contributed by atoms with Crippen molar-refractivity contribution in [1.82, 2.24) is 4.98 Å². The molecule has 1 fully saturated rings. The highest BCUT2D eigenvalue weighted by Gasteiger charge is 2.16. The van der Waals surface area contributed by atoms with Crippen molar-refractivity contribution in [2.45, 2.75) is 25.8 Å². The summed E-state index contributed by atoms with van der Waals surface area (Å²) in [5.74, 6) is 1.33. The molecule has 1 unspecified atom stereocenters. The van der Waals surface area contributed by atoms with Crippen LogP contribution < -0.4 is 10.5 Å². The van der Waals surface area contributed by atoms with E-state index in [4.69, 9.17) is 15.2 Å². The van der Waals surface area contributed by atoms with E-state index < -0.39 is 0 Å². The molecule has 0 amide bonds. The van der Waals surface area contributed by atoms with Crippen LogP contribution in [0.4, 0.5) is 0 Å². The molecule has 2 N–H and O–H groups in total. The molecule has 4 heteroatoms. The molecule has 2 heterocycles. The van der Waals surface area contributed by atoms with Gasteiger partial charge in [-0.1, -0.05) is 6.92 Å². The number of pyridine rings is 1. The lowest BCUT2D eigenvalue weighted by Gasteiger charge is -2.11. The van der Waals surface area contributed by atoms with Gasteiger partial charge in [-0.3, -0.25) is 4.98 Å². The molecule has 0 bridgehead atoms. The highest BCUT2D eigenvalue weighted by atomic mass is 16.5. The maximum Gasteiger partial charge on any atom is 0.137 e. The Morgan fingerprint density at radius 2 is 2.47 bits per heavy atom. The Balaban J connectivity index is 1.84. The molecule has 17 heavy (non-hydrogen) atoms. The molecular formula is C13H20N2O2. The SMILES string of the molecule is CC[C@H](N)c1ccc(OCC2CCOC2)cn1.